The van der Waals surface area contributed by atoms with Crippen molar-refractivity contribution in [3.05, 3.63) is 49.1 Å². The molecule has 2 fully saturated rings. The monoisotopic (exact) mass is 340 g/mol. The van der Waals surface area contributed by atoms with Crippen molar-refractivity contribution in [3.63, 3.8) is 0 Å². The second kappa shape index (κ2) is 5.46. The molecule has 3 heterocycles. The third-order valence-corrected chi connectivity index (χ3v) is 5.43. The molecule has 3 aliphatic heterocycles. The summed E-state index contributed by atoms with van der Waals surface area (Å²) in [6.45, 7) is 3.79. The van der Waals surface area contributed by atoms with E-state index < -0.39 is 29.5 Å². The number of carbonyl (C=O) groups is 2. The summed E-state index contributed by atoms with van der Waals surface area (Å²) in [6.07, 6.45) is 5.19. The number of hydrogen-bond acceptors (Lipinski definition) is 5. The minimum absolute atomic E-state index is 0.252. The van der Waals surface area contributed by atoms with E-state index in [9.17, 15) is 14.7 Å². The van der Waals surface area contributed by atoms with Crippen LogP contribution >= 0.6 is 0 Å². The van der Waals surface area contributed by atoms with Gasteiger partial charge in [-0.2, -0.15) is 0 Å². The fraction of sp³-hybridized carbons (Fsp3) is 0.368. The van der Waals surface area contributed by atoms with E-state index in [2.05, 4.69) is 6.58 Å². The van der Waals surface area contributed by atoms with Crippen LogP contribution in [0.4, 0.5) is 5.69 Å². The van der Waals surface area contributed by atoms with Gasteiger partial charge in [-0.25, -0.2) is 0 Å². The van der Waals surface area contributed by atoms with Gasteiger partial charge < -0.3 is 24.3 Å². The molecule has 5 atom stereocenters. The number of carboxylic acids is 1. The number of hydrogen-bond donors (Lipinski definition) is 0. The first kappa shape index (κ1) is 15.9. The van der Waals surface area contributed by atoms with Gasteiger partial charge >= 0.3 is 0 Å². The number of carbonyl (C=O) groups excluding carboxylic acids is 2. The van der Waals surface area contributed by atoms with Crippen molar-refractivity contribution in [1.29, 1.82) is 0 Å². The van der Waals surface area contributed by atoms with Crippen LogP contribution in [0.2, 0.25) is 0 Å². The predicted octanol–water partition coefficient (Wildman–Crippen LogP) is 0.676. The number of anilines is 1. The van der Waals surface area contributed by atoms with Crippen molar-refractivity contribution < 1.29 is 24.2 Å². The van der Waals surface area contributed by atoms with Crippen molar-refractivity contribution in [1.82, 2.24) is 0 Å². The van der Waals surface area contributed by atoms with Gasteiger partial charge in [-0.1, -0.05) is 18.2 Å². The molecule has 6 nitrogen and oxygen atoms in total. The molecule has 3 aliphatic rings. The highest BCUT2D eigenvalue weighted by atomic mass is 16.5. The van der Waals surface area contributed by atoms with Crippen LogP contribution in [0.3, 0.4) is 0 Å². The van der Waals surface area contributed by atoms with Gasteiger partial charge in [0.25, 0.3) is 0 Å². The Bertz CT molecular complexity index is 771. The highest BCUT2D eigenvalue weighted by molar-refractivity contribution is 6.03. The summed E-state index contributed by atoms with van der Waals surface area (Å²) in [6, 6.07) is 6.76. The van der Waals surface area contributed by atoms with E-state index in [1.165, 1.54) is 0 Å². The SMILES string of the molecule is C=CC[C@@H]1N(c2ccc(OC)cc2)C(=O)[C@@H]2[C@H](C(=O)[O-])[C@@H]3C=C[C@]21O3. The summed E-state index contributed by atoms with van der Waals surface area (Å²) in [5.41, 5.74) is -0.264. The van der Waals surface area contributed by atoms with Crippen molar-refractivity contribution in [2.24, 2.45) is 11.8 Å². The molecule has 6 heteroatoms. The van der Waals surface area contributed by atoms with Crippen molar-refractivity contribution in [3.8, 4) is 5.75 Å². The number of amides is 1. The molecule has 0 saturated carbocycles. The first-order valence-electron chi connectivity index (χ1n) is 8.19. The van der Waals surface area contributed by atoms with Crippen LogP contribution in [0.1, 0.15) is 6.42 Å². The molecule has 0 aliphatic carbocycles. The van der Waals surface area contributed by atoms with Crippen LogP contribution in [0.5, 0.6) is 5.75 Å². The number of methoxy groups -OCH3 is 1. The zero-order valence-corrected chi connectivity index (χ0v) is 13.8. The van der Waals surface area contributed by atoms with Crippen LogP contribution in [0.15, 0.2) is 49.1 Å². The maximum atomic E-state index is 13.2. The first-order chi connectivity index (χ1) is 12.0. The van der Waals surface area contributed by atoms with Crippen molar-refractivity contribution in [2.75, 3.05) is 12.0 Å². The molecule has 4 rings (SSSR count). The Morgan fingerprint density at radius 3 is 2.76 bits per heavy atom. The number of ether oxygens (including phenoxy) is 2. The van der Waals surface area contributed by atoms with E-state index in [0.717, 1.165) is 0 Å². The molecule has 2 saturated heterocycles. The van der Waals surface area contributed by atoms with Crippen LogP contribution in [-0.2, 0) is 14.3 Å². The Labute approximate surface area is 145 Å². The summed E-state index contributed by atoms with van der Waals surface area (Å²) >= 11 is 0. The molecule has 1 spiro atoms. The fourth-order valence-electron chi connectivity index (χ4n) is 4.42. The second-order valence-corrected chi connectivity index (χ2v) is 6.56. The second-order valence-electron chi connectivity index (χ2n) is 6.56. The summed E-state index contributed by atoms with van der Waals surface area (Å²) in [5.74, 6) is -2.56. The molecule has 0 N–H and O–H groups in total. The lowest BCUT2D eigenvalue weighted by Crippen LogP contribution is -2.46. The highest BCUT2D eigenvalue weighted by Crippen LogP contribution is 2.56. The molecule has 130 valence electrons. The van der Waals surface area contributed by atoms with E-state index in [4.69, 9.17) is 9.47 Å². The smallest absolute Gasteiger partial charge is 0.234 e. The van der Waals surface area contributed by atoms with Crippen LogP contribution in [0.25, 0.3) is 0 Å². The van der Waals surface area contributed by atoms with Crippen LogP contribution < -0.4 is 14.7 Å². The van der Waals surface area contributed by atoms with Gasteiger partial charge in [0.2, 0.25) is 5.91 Å². The zero-order chi connectivity index (χ0) is 17.8. The van der Waals surface area contributed by atoms with Gasteiger partial charge in [0.15, 0.2) is 0 Å². The first-order valence-corrected chi connectivity index (χ1v) is 8.19. The Balaban J connectivity index is 1.80. The topological polar surface area (TPSA) is 78.9 Å². The molecule has 1 aromatic rings. The van der Waals surface area contributed by atoms with Crippen molar-refractivity contribution >= 4 is 17.6 Å². The Kier molecular flexibility index (Phi) is 3.47. The molecule has 1 amide bonds. The Morgan fingerprint density at radius 2 is 2.16 bits per heavy atom. The molecule has 2 bridgehead atoms. The average Bonchev–Trinajstić information content (AvgIpc) is 3.24. The minimum Gasteiger partial charge on any atom is -0.550 e. The quantitative estimate of drug-likeness (QED) is 0.737. The van der Waals surface area contributed by atoms with Gasteiger partial charge in [-0.15, -0.1) is 6.58 Å². The molecule has 0 aromatic heterocycles. The van der Waals surface area contributed by atoms with Gasteiger partial charge in [-0.05, 0) is 30.7 Å². The maximum Gasteiger partial charge on any atom is 0.234 e. The number of benzene rings is 1. The van der Waals surface area contributed by atoms with Crippen molar-refractivity contribution in [2.45, 2.75) is 24.2 Å². The van der Waals surface area contributed by atoms with Crippen LogP contribution in [0, 0.1) is 11.8 Å². The van der Waals surface area contributed by atoms with E-state index >= 15 is 0 Å². The molecule has 0 radical (unpaired) electrons. The van der Waals surface area contributed by atoms with Gasteiger partial charge in [0, 0.05) is 17.6 Å². The Morgan fingerprint density at radius 1 is 1.44 bits per heavy atom. The van der Waals surface area contributed by atoms with Gasteiger partial charge in [0.1, 0.15) is 11.4 Å². The van der Waals surface area contributed by atoms with Crippen LogP contribution in [-0.4, -0.2) is 36.7 Å². The standard InChI is InChI=1S/C19H19NO5/c1-3-4-14-19-10-9-13(25-19)15(18(22)23)16(19)17(21)20(14)11-5-7-12(24-2)8-6-11/h3,5-10,13-16H,1,4H2,2H3,(H,22,23)/p-1/t13-,14-,15+,16-,19+/m0/s1. The van der Waals surface area contributed by atoms with Gasteiger partial charge in [-0.3, -0.25) is 4.79 Å². The lowest BCUT2D eigenvalue weighted by Gasteiger charge is -2.32. The lowest BCUT2D eigenvalue weighted by molar-refractivity contribution is -0.313. The van der Waals surface area contributed by atoms with E-state index in [0.29, 0.717) is 17.9 Å². The molecule has 0 unspecified atom stereocenters. The summed E-state index contributed by atoms with van der Waals surface area (Å²) < 4.78 is 11.2. The zero-order valence-electron chi connectivity index (χ0n) is 13.8. The third kappa shape index (κ3) is 2.00. The predicted molar refractivity (Wildman–Crippen MR) is 87.8 cm³/mol. The average molecular weight is 340 g/mol. The largest absolute Gasteiger partial charge is 0.550 e. The normalized spacial score (nSPS) is 35.1. The number of fused-ring (bicyclic) bond motifs is 1. The highest BCUT2D eigenvalue weighted by Gasteiger charge is 2.69. The Hall–Kier alpha value is -2.60. The van der Waals surface area contributed by atoms with E-state index in [1.807, 2.05) is 6.08 Å². The number of aliphatic carboxylic acids is 1. The molecular formula is C19H18NO5-. The molecular weight excluding hydrogens is 322 g/mol. The number of rotatable bonds is 5. The molecule has 1 aromatic carbocycles. The van der Waals surface area contributed by atoms with E-state index in [1.54, 1.807) is 48.4 Å². The van der Waals surface area contributed by atoms with Gasteiger partial charge in [0.05, 0.1) is 25.2 Å². The third-order valence-electron chi connectivity index (χ3n) is 5.43. The minimum atomic E-state index is -1.25. The lowest BCUT2D eigenvalue weighted by atomic mass is 9.74. The summed E-state index contributed by atoms with van der Waals surface area (Å²) in [7, 11) is 1.57. The van der Waals surface area contributed by atoms with E-state index in [-0.39, 0.29) is 11.9 Å². The number of carboxylic acid groups (broad SMARTS) is 1. The fourth-order valence-corrected chi connectivity index (χ4v) is 4.42. The number of nitrogens with zero attached hydrogens (tertiary/aromatic N) is 1. The summed E-state index contributed by atoms with van der Waals surface area (Å²) in [5, 5.41) is 11.6. The maximum absolute atomic E-state index is 13.2. The molecule has 25 heavy (non-hydrogen) atoms. The summed E-state index contributed by atoms with van der Waals surface area (Å²) in [4.78, 5) is 26.4.